The average molecular weight is 346 g/mol. The van der Waals surface area contributed by atoms with Crippen LogP contribution in [0.15, 0.2) is 30.6 Å². The molecule has 3 aromatic rings. The molecule has 0 atom stereocenters. The Labute approximate surface area is 141 Å². The van der Waals surface area contributed by atoms with Crippen LogP contribution in [-0.2, 0) is 6.54 Å². The number of fused-ring (bicyclic) bond motifs is 2. The van der Waals surface area contributed by atoms with Gasteiger partial charge < -0.3 is 14.7 Å². The van der Waals surface area contributed by atoms with Gasteiger partial charge in [0.15, 0.2) is 5.65 Å². The Bertz CT molecular complexity index is 942. The Hall–Kier alpha value is -2.87. The molecule has 9 heteroatoms. The lowest BCUT2D eigenvalue weighted by atomic mass is 10.1. The van der Waals surface area contributed by atoms with Gasteiger partial charge in [-0.25, -0.2) is 4.79 Å². The Kier molecular flexibility index (Phi) is 3.46. The number of rotatable bonds is 2. The largest absolute Gasteiger partial charge is 0.490 e. The predicted molar refractivity (Wildman–Crippen MR) is 85.7 cm³/mol. The lowest BCUT2D eigenvalue weighted by molar-refractivity contribution is 0.0696. The molecule has 0 amide bonds. The number of nitrogens with zero attached hydrogens (tertiary/aromatic N) is 5. The van der Waals surface area contributed by atoms with Gasteiger partial charge >= 0.3 is 5.97 Å². The van der Waals surface area contributed by atoms with Crippen LogP contribution in [0.4, 0.5) is 5.82 Å². The van der Waals surface area contributed by atoms with E-state index in [0.717, 1.165) is 5.82 Å². The zero-order valence-corrected chi connectivity index (χ0v) is 13.1. The molecule has 0 spiro atoms. The third-order valence-electron chi connectivity index (χ3n) is 3.81. The summed E-state index contributed by atoms with van der Waals surface area (Å²) in [5, 5.41) is 21.7. The van der Waals surface area contributed by atoms with Crippen molar-refractivity contribution in [3.63, 3.8) is 0 Å². The molecule has 0 unspecified atom stereocenters. The number of ether oxygens (including phenoxy) is 1. The summed E-state index contributed by atoms with van der Waals surface area (Å²) in [6.45, 7) is 1.45. The van der Waals surface area contributed by atoms with E-state index in [2.05, 4.69) is 15.3 Å². The number of halogens is 1. The molecule has 4 rings (SSSR count). The number of benzene rings is 1. The lowest BCUT2D eigenvalue weighted by Crippen LogP contribution is -2.26. The van der Waals surface area contributed by atoms with Crippen molar-refractivity contribution in [2.75, 3.05) is 18.1 Å². The molecular formula is C15H12ClN5O3. The van der Waals surface area contributed by atoms with Crippen LogP contribution in [0.5, 0.6) is 5.75 Å². The molecule has 1 aromatic carbocycles. The first-order valence-electron chi connectivity index (χ1n) is 7.22. The van der Waals surface area contributed by atoms with Crippen LogP contribution in [-0.4, -0.2) is 44.0 Å². The molecule has 1 aliphatic rings. The third-order valence-corrected chi connectivity index (χ3v) is 4.09. The Morgan fingerprint density at radius 1 is 1.33 bits per heavy atom. The van der Waals surface area contributed by atoms with E-state index in [0.29, 0.717) is 41.7 Å². The van der Waals surface area contributed by atoms with Crippen molar-refractivity contribution in [2.24, 2.45) is 0 Å². The fourth-order valence-electron chi connectivity index (χ4n) is 2.68. The number of anilines is 1. The van der Waals surface area contributed by atoms with Gasteiger partial charge in [-0.05, 0) is 24.3 Å². The molecule has 2 aromatic heterocycles. The van der Waals surface area contributed by atoms with Gasteiger partial charge in [-0.2, -0.15) is 4.52 Å². The first-order chi connectivity index (χ1) is 11.6. The SMILES string of the molecule is O=C(O)c1cc(Cl)c2c(c1)CN(c1ccc3nncn3n1)CCO2. The van der Waals surface area contributed by atoms with Gasteiger partial charge in [0.25, 0.3) is 0 Å². The standard InChI is InChI=1S/C15H12ClN5O3/c16-11-6-9(15(22)23)5-10-7-20(3-4-24-14(10)11)13-2-1-12-18-17-8-21(12)19-13/h1-2,5-6,8H,3-4,7H2,(H,22,23). The van der Waals surface area contributed by atoms with Crippen molar-refractivity contribution < 1.29 is 14.6 Å². The monoisotopic (exact) mass is 345 g/mol. The number of aromatic carboxylic acids is 1. The number of carboxylic acids is 1. The second kappa shape index (κ2) is 5.64. The third kappa shape index (κ3) is 2.50. The van der Waals surface area contributed by atoms with Crippen molar-refractivity contribution in [1.82, 2.24) is 19.8 Å². The van der Waals surface area contributed by atoms with Gasteiger partial charge in [-0.1, -0.05) is 11.6 Å². The van der Waals surface area contributed by atoms with Gasteiger partial charge in [-0.15, -0.1) is 15.3 Å². The minimum Gasteiger partial charge on any atom is -0.490 e. The summed E-state index contributed by atoms with van der Waals surface area (Å²) in [6, 6.07) is 6.65. The van der Waals surface area contributed by atoms with Crippen molar-refractivity contribution in [1.29, 1.82) is 0 Å². The van der Waals surface area contributed by atoms with E-state index in [-0.39, 0.29) is 5.56 Å². The average Bonchev–Trinajstić information content (AvgIpc) is 2.92. The Morgan fingerprint density at radius 3 is 3.04 bits per heavy atom. The molecule has 3 heterocycles. The minimum atomic E-state index is -1.03. The summed E-state index contributed by atoms with van der Waals surface area (Å²) < 4.78 is 7.30. The van der Waals surface area contributed by atoms with E-state index in [1.54, 1.807) is 10.6 Å². The van der Waals surface area contributed by atoms with E-state index < -0.39 is 5.97 Å². The molecule has 0 bridgehead atoms. The predicted octanol–water partition coefficient (Wildman–Crippen LogP) is 1.87. The molecule has 8 nitrogen and oxygen atoms in total. The quantitative estimate of drug-likeness (QED) is 0.757. The second-order valence-electron chi connectivity index (χ2n) is 5.35. The maximum Gasteiger partial charge on any atom is 0.335 e. The van der Waals surface area contributed by atoms with E-state index >= 15 is 0 Å². The minimum absolute atomic E-state index is 0.131. The molecule has 0 fully saturated rings. The highest BCUT2D eigenvalue weighted by atomic mass is 35.5. The fraction of sp³-hybridized carbons (Fsp3) is 0.200. The van der Waals surface area contributed by atoms with Gasteiger partial charge in [-0.3, -0.25) is 0 Å². The van der Waals surface area contributed by atoms with Crippen LogP contribution in [0.2, 0.25) is 5.02 Å². The Morgan fingerprint density at radius 2 is 2.21 bits per heavy atom. The smallest absolute Gasteiger partial charge is 0.335 e. The number of hydrogen-bond donors (Lipinski definition) is 1. The highest BCUT2D eigenvalue weighted by molar-refractivity contribution is 6.32. The molecule has 0 saturated carbocycles. The molecule has 0 aliphatic carbocycles. The normalized spacial score (nSPS) is 14.1. The van der Waals surface area contributed by atoms with Gasteiger partial charge in [0.05, 0.1) is 17.1 Å². The maximum absolute atomic E-state index is 11.3. The van der Waals surface area contributed by atoms with E-state index in [9.17, 15) is 9.90 Å². The molecule has 1 aliphatic heterocycles. The zero-order valence-electron chi connectivity index (χ0n) is 12.4. The topological polar surface area (TPSA) is 92.8 Å². The number of carbonyl (C=O) groups is 1. The Balaban J connectivity index is 1.73. The molecule has 0 radical (unpaired) electrons. The van der Waals surface area contributed by atoms with Crippen LogP contribution in [0, 0.1) is 0 Å². The summed E-state index contributed by atoms with van der Waals surface area (Å²) in [7, 11) is 0. The van der Waals surface area contributed by atoms with Crippen molar-refractivity contribution in [2.45, 2.75) is 6.54 Å². The van der Waals surface area contributed by atoms with Crippen LogP contribution in [0.1, 0.15) is 15.9 Å². The highest BCUT2D eigenvalue weighted by Gasteiger charge is 2.21. The second-order valence-corrected chi connectivity index (χ2v) is 5.75. The summed E-state index contributed by atoms with van der Waals surface area (Å²) >= 11 is 6.18. The summed E-state index contributed by atoms with van der Waals surface area (Å²) in [5.74, 6) is 0.213. The first-order valence-corrected chi connectivity index (χ1v) is 7.60. The number of hydrogen-bond acceptors (Lipinski definition) is 6. The van der Waals surface area contributed by atoms with Crippen LogP contribution in [0.25, 0.3) is 5.65 Å². The number of aromatic nitrogens is 4. The van der Waals surface area contributed by atoms with Crippen molar-refractivity contribution in [3.05, 3.63) is 46.7 Å². The van der Waals surface area contributed by atoms with E-state index in [4.69, 9.17) is 16.3 Å². The van der Waals surface area contributed by atoms with E-state index in [1.165, 1.54) is 12.4 Å². The van der Waals surface area contributed by atoms with Crippen LogP contribution >= 0.6 is 11.6 Å². The first kappa shape index (κ1) is 14.7. The summed E-state index contributed by atoms with van der Waals surface area (Å²) in [4.78, 5) is 13.2. The van der Waals surface area contributed by atoms with Crippen LogP contribution in [0.3, 0.4) is 0 Å². The molecular weight excluding hydrogens is 334 g/mol. The van der Waals surface area contributed by atoms with Crippen molar-refractivity contribution in [3.8, 4) is 5.75 Å². The molecule has 0 saturated heterocycles. The van der Waals surface area contributed by atoms with Gasteiger partial charge in [0, 0.05) is 12.1 Å². The van der Waals surface area contributed by atoms with E-state index in [1.807, 2.05) is 17.0 Å². The zero-order chi connectivity index (χ0) is 16.7. The van der Waals surface area contributed by atoms with Gasteiger partial charge in [0.2, 0.25) is 0 Å². The summed E-state index contributed by atoms with van der Waals surface area (Å²) in [5.41, 5.74) is 1.50. The number of carboxylic acid groups (broad SMARTS) is 1. The highest BCUT2D eigenvalue weighted by Crippen LogP contribution is 2.34. The molecule has 1 N–H and O–H groups in total. The molecule has 122 valence electrons. The lowest BCUT2D eigenvalue weighted by Gasteiger charge is -2.20. The van der Waals surface area contributed by atoms with Crippen LogP contribution < -0.4 is 9.64 Å². The maximum atomic E-state index is 11.3. The fourth-order valence-corrected chi connectivity index (χ4v) is 2.97. The summed E-state index contributed by atoms with van der Waals surface area (Å²) in [6.07, 6.45) is 1.53. The van der Waals surface area contributed by atoms with Gasteiger partial charge in [0.1, 0.15) is 24.5 Å². The van der Waals surface area contributed by atoms with Crippen molar-refractivity contribution >= 4 is 29.0 Å². The molecule has 24 heavy (non-hydrogen) atoms.